The number of urea groups is 1. The molecule has 7 nitrogen and oxygen atoms in total. The van der Waals surface area contributed by atoms with E-state index >= 15 is 0 Å². The molecule has 2 N–H and O–H groups in total. The van der Waals surface area contributed by atoms with E-state index in [1.165, 1.54) is 11.1 Å². The first-order valence-electron chi connectivity index (χ1n) is 11.6. The summed E-state index contributed by atoms with van der Waals surface area (Å²) in [4.78, 5) is 25.8. The van der Waals surface area contributed by atoms with Crippen molar-refractivity contribution in [1.29, 1.82) is 0 Å². The van der Waals surface area contributed by atoms with Gasteiger partial charge < -0.3 is 20.4 Å². The predicted molar refractivity (Wildman–Crippen MR) is 132 cm³/mol. The number of hydrogen-bond acceptors (Lipinski definition) is 5. The van der Waals surface area contributed by atoms with E-state index in [1.54, 1.807) is 0 Å². The van der Waals surface area contributed by atoms with Crippen molar-refractivity contribution in [3.63, 3.8) is 0 Å². The maximum absolute atomic E-state index is 12.2. The average Bonchev–Trinajstić information content (AvgIpc) is 2.87. The molecule has 1 aliphatic heterocycles. The lowest BCUT2D eigenvalue weighted by Gasteiger charge is -2.29. The highest BCUT2D eigenvalue weighted by Gasteiger charge is 2.16. The first kappa shape index (κ1) is 22.6. The number of hydrogen-bond donors (Lipinski definition) is 2. The molecule has 0 saturated carbocycles. The van der Waals surface area contributed by atoms with Gasteiger partial charge in [-0.05, 0) is 54.7 Å². The minimum Gasteiger partial charge on any atom is -0.357 e. The van der Waals surface area contributed by atoms with Gasteiger partial charge >= 0.3 is 6.03 Å². The Balaban J connectivity index is 1.23. The van der Waals surface area contributed by atoms with Gasteiger partial charge in [0.25, 0.3) is 0 Å². The highest BCUT2D eigenvalue weighted by atomic mass is 16.2. The van der Waals surface area contributed by atoms with Gasteiger partial charge in [0.1, 0.15) is 11.6 Å². The lowest BCUT2D eigenvalue weighted by Crippen LogP contribution is -2.34. The largest absolute Gasteiger partial charge is 0.357 e. The van der Waals surface area contributed by atoms with Crippen LogP contribution in [0, 0.1) is 0 Å². The number of amides is 2. The third kappa shape index (κ3) is 5.80. The van der Waals surface area contributed by atoms with Crippen LogP contribution in [0.25, 0.3) is 0 Å². The van der Waals surface area contributed by atoms with Crippen LogP contribution < -0.4 is 20.4 Å². The van der Waals surface area contributed by atoms with E-state index in [-0.39, 0.29) is 6.03 Å². The van der Waals surface area contributed by atoms with Gasteiger partial charge in [-0.1, -0.05) is 36.4 Å². The minimum atomic E-state index is -0.209. The topological polar surface area (TPSA) is 73.4 Å². The lowest BCUT2D eigenvalue weighted by molar-refractivity contribution is 0.240. The molecule has 172 valence electrons. The molecule has 0 fully saturated rings. The molecule has 0 spiro atoms. The fourth-order valence-electron chi connectivity index (χ4n) is 4.08. The number of fused-ring (bicyclic) bond motifs is 1. The van der Waals surface area contributed by atoms with Gasteiger partial charge in [0.15, 0.2) is 0 Å². The van der Waals surface area contributed by atoms with Gasteiger partial charge in [-0.15, -0.1) is 0 Å². The number of rotatable bonds is 8. The number of pyridine rings is 2. The van der Waals surface area contributed by atoms with Crippen molar-refractivity contribution < 1.29 is 4.79 Å². The average molecular weight is 445 g/mol. The monoisotopic (exact) mass is 444 g/mol. The van der Waals surface area contributed by atoms with Crippen LogP contribution >= 0.6 is 0 Å². The van der Waals surface area contributed by atoms with Crippen LogP contribution in [0.15, 0.2) is 60.9 Å². The fraction of sp³-hybridized carbons (Fsp3) is 0.346. The summed E-state index contributed by atoms with van der Waals surface area (Å²) in [5.41, 5.74) is 4.73. The van der Waals surface area contributed by atoms with E-state index in [0.717, 1.165) is 55.4 Å². The Morgan fingerprint density at radius 2 is 1.58 bits per heavy atom. The second kappa shape index (κ2) is 10.8. The molecule has 0 radical (unpaired) electrons. The fourth-order valence-corrected chi connectivity index (χ4v) is 4.08. The lowest BCUT2D eigenvalue weighted by atomic mass is 10.00. The summed E-state index contributed by atoms with van der Waals surface area (Å²) in [6.45, 7) is 8.78. The van der Waals surface area contributed by atoms with Crippen LogP contribution in [0.4, 0.5) is 16.4 Å². The molecule has 2 amide bonds. The van der Waals surface area contributed by atoms with E-state index < -0.39 is 0 Å². The minimum absolute atomic E-state index is 0.209. The number of carbonyl (C=O) groups is 1. The summed E-state index contributed by atoms with van der Waals surface area (Å²) in [7, 11) is 0. The third-order valence-electron chi connectivity index (χ3n) is 6.07. The molecule has 0 saturated heterocycles. The zero-order valence-corrected chi connectivity index (χ0v) is 19.4. The van der Waals surface area contributed by atoms with Crippen molar-refractivity contribution in [2.45, 2.75) is 39.9 Å². The highest BCUT2D eigenvalue weighted by molar-refractivity contribution is 5.73. The van der Waals surface area contributed by atoms with Crippen molar-refractivity contribution in [3.05, 3.63) is 83.2 Å². The molecule has 3 heterocycles. The Morgan fingerprint density at radius 3 is 2.18 bits per heavy atom. The van der Waals surface area contributed by atoms with Crippen LogP contribution in [0.2, 0.25) is 0 Å². The van der Waals surface area contributed by atoms with Crippen molar-refractivity contribution >= 4 is 17.7 Å². The molecule has 4 rings (SSSR count). The summed E-state index contributed by atoms with van der Waals surface area (Å²) in [6, 6.07) is 16.4. The van der Waals surface area contributed by atoms with Gasteiger partial charge in [-0.25, -0.2) is 14.8 Å². The highest BCUT2D eigenvalue weighted by Crippen LogP contribution is 2.23. The second-order valence-corrected chi connectivity index (χ2v) is 8.20. The zero-order chi connectivity index (χ0) is 23.0. The summed E-state index contributed by atoms with van der Waals surface area (Å²) < 4.78 is 0. The Hall–Kier alpha value is -3.61. The van der Waals surface area contributed by atoms with Crippen molar-refractivity contribution in [1.82, 2.24) is 20.6 Å². The molecular weight excluding hydrogens is 412 g/mol. The van der Waals surface area contributed by atoms with Gasteiger partial charge in [-0.3, -0.25) is 0 Å². The van der Waals surface area contributed by atoms with Crippen LogP contribution in [-0.4, -0.2) is 35.6 Å². The molecule has 0 bridgehead atoms. The van der Waals surface area contributed by atoms with E-state index in [1.807, 2.05) is 36.7 Å². The zero-order valence-electron chi connectivity index (χ0n) is 19.4. The molecule has 2 aromatic heterocycles. The molecule has 0 atom stereocenters. The van der Waals surface area contributed by atoms with Crippen LogP contribution in [0.3, 0.4) is 0 Å². The van der Waals surface area contributed by atoms with E-state index in [9.17, 15) is 4.79 Å². The normalized spacial score (nSPS) is 12.7. The summed E-state index contributed by atoms with van der Waals surface area (Å²) in [6.07, 6.45) is 4.69. The Morgan fingerprint density at radius 1 is 0.909 bits per heavy atom. The van der Waals surface area contributed by atoms with Crippen molar-refractivity contribution in [2.24, 2.45) is 0 Å². The number of anilines is 2. The molecular formula is C26H32N6O. The Labute approximate surface area is 195 Å². The standard InChI is InChI=1S/C26H32N6O/c1-3-31(4-2)24-11-9-20(15-27-24)17-29-26(33)30-18-21-10-12-25(28-16-21)32-14-13-22-7-5-6-8-23(22)19-32/h5-12,15-16H,3-4,13-14,17-19H2,1-2H3,(H2,29,30,33). The van der Waals surface area contributed by atoms with Crippen LogP contribution in [0.1, 0.15) is 36.1 Å². The number of carbonyl (C=O) groups excluding carboxylic acids is 1. The van der Waals surface area contributed by atoms with Gasteiger partial charge in [-0.2, -0.15) is 0 Å². The van der Waals surface area contributed by atoms with Crippen molar-refractivity contribution in [3.8, 4) is 0 Å². The number of aromatic nitrogens is 2. The predicted octanol–water partition coefficient (Wildman–Crippen LogP) is 3.88. The SMILES string of the molecule is CCN(CC)c1ccc(CNC(=O)NCc2ccc(N3CCc4ccccc4C3)nc2)cn1. The van der Waals surface area contributed by atoms with Gasteiger partial charge in [0.05, 0.1) is 0 Å². The van der Waals surface area contributed by atoms with Crippen LogP contribution in [-0.2, 0) is 26.1 Å². The Kier molecular flexibility index (Phi) is 7.40. The van der Waals surface area contributed by atoms with E-state index in [4.69, 9.17) is 0 Å². The quantitative estimate of drug-likeness (QED) is 0.552. The summed E-state index contributed by atoms with van der Waals surface area (Å²) >= 11 is 0. The molecule has 33 heavy (non-hydrogen) atoms. The van der Waals surface area contributed by atoms with E-state index in [0.29, 0.717) is 13.1 Å². The van der Waals surface area contributed by atoms with Gasteiger partial charge in [0, 0.05) is 51.7 Å². The summed E-state index contributed by atoms with van der Waals surface area (Å²) in [5.74, 6) is 1.93. The van der Waals surface area contributed by atoms with Crippen LogP contribution in [0.5, 0.6) is 0 Å². The molecule has 1 aliphatic rings. The second-order valence-electron chi connectivity index (χ2n) is 8.20. The molecule has 1 aromatic carbocycles. The number of nitrogens with one attached hydrogen (secondary N) is 2. The first-order chi connectivity index (χ1) is 16.2. The number of benzene rings is 1. The smallest absolute Gasteiger partial charge is 0.315 e. The maximum Gasteiger partial charge on any atom is 0.315 e. The Bertz CT molecular complexity index is 1050. The first-order valence-corrected chi connectivity index (χ1v) is 11.6. The maximum atomic E-state index is 12.2. The molecule has 0 unspecified atom stereocenters. The van der Waals surface area contributed by atoms with Crippen molar-refractivity contribution in [2.75, 3.05) is 29.4 Å². The van der Waals surface area contributed by atoms with E-state index in [2.05, 4.69) is 68.5 Å². The van der Waals surface area contributed by atoms with Gasteiger partial charge in [0.2, 0.25) is 0 Å². The molecule has 7 heteroatoms. The summed E-state index contributed by atoms with van der Waals surface area (Å²) in [5, 5.41) is 5.78. The number of nitrogens with zero attached hydrogens (tertiary/aromatic N) is 4. The third-order valence-corrected chi connectivity index (χ3v) is 6.07. The molecule has 0 aliphatic carbocycles. The molecule has 3 aromatic rings.